The van der Waals surface area contributed by atoms with Crippen molar-refractivity contribution in [2.24, 2.45) is 0 Å². The van der Waals surface area contributed by atoms with E-state index in [1.165, 1.54) is 4.31 Å². The minimum atomic E-state index is -6.19. The molecule has 14 heteroatoms. The van der Waals surface area contributed by atoms with Crippen LogP contribution in [0.25, 0.3) is 11.1 Å². The first-order valence-electron chi connectivity index (χ1n) is 11.6. The number of piperazine rings is 1. The van der Waals surface area contributed by atoms with Crippen LogP contribution < -0.4 is 0 Å². The highest BCUT2D eigenvalue weighted by atomic mass is 32.2. The first-order chi connectivity index (χ1) is 17.4. The Kier molecular flexibility index (Phi) is 7.12. The first-order valence-corrected chi connectivity index (χ1v) is 13.4. The molecular formula is C24H24F8N2O3S. The minimum absolute atomic E-state index is 0.0867. The van der Waals surface area contributed by atoms with Crippen molar-refractivity contribution < 1.29 is 48.6 Å². The number of nitrogens with zero attached hydrogens (tertiary/aromatic N) is 2. The Morgan fingerprint density at radius 3 is 2.00 bits per heavy atom. The fourth-order valence-corrected chi connectivity index (χ4v) is 6.81. The van der Waals surface area contributed by atoms with Crippen molar-refractivity contribution in [3.05, 3.63) is 58.7 Å². The number of sulfonamides is 1. The van der Waals surface area contributed by atoms with Crippen molar-refractivity contribution >= 4 is 10.0 Å². The number of rotatable bonds is 6. The van der Waals surface area contributed by atoms with Crippen molar-refractivity contribution in [1.82, 2.24) is 9.21 Å². The molecule has 38 heavy (non-hydrogen) atoms. The standard InChI is InChI=1S/C24H24F8N2O3S/c1-3-14-6-13(10-33-11-16-9-17(12-33)34(16)38(2,36)37)7-20(26)21(14)18-5-4-15(8-19(18)25)22(35,23(27,28)29)24(30,31)32/h4-8,16-17,35H,3,9-12H2,1-2H3. The lowest BCUT2D eigenvalue weighted by atomic mass is 9.88. The lowest BCUT2D eigenvalue weighted by Crippen LogP contribution is -2.69. The van der Waals surface area contributed by atoms with Gasteiger partial charge in [-0.15, -0.1) is 0 Å². The summed E-state index contributed by atoms with van der Waals surface area (Å²) in [5.41, 5.74) is -7.18. The molecule has 210 valence electrons. The van der Waals surface area contributed by atoms with Crippen molar-refractivity contribution in [3.63, 3.8) is 0 Å². The van der Waals surface area contributed by atoms with Gasteiger partial charge in [-0.2, -0.15) is 30.6 Å². The summed E-state index contributed by atoms with van der Waals surface area (Å²) < 4.78 is 134. The van der Waals surface area contributed by atoms with Crippen LogP contribution in [0.2, 0.25) is 0 Å². The van der Waals surface area contributed by atoms with E-state index >= 15 is 4.39 Å². The molecule has 5 rings (SSSR count). The maximum atomic E-state index is 15.3. The highest BCUT2D eigenvalue weighted by Crippen LogP contribution is 2.50. The zero-order valence-electron chi connectivity index (χ0n) is 20.2. The van der Waals surface area contributed by atoms with Crippen LogP contribution in [0.3, 0.4) is 0 Å². The summed E-state index contributed by atoms with van der Waals surface area (Å²) in [5.74, 6) is -2.49. The fraction of sp³-hybridized carbons (Fsp3) is 0.500. The number of hydrogen-bond acceptors (Lipinski definition) is 4. The molecule has 0 radical (unpaired) electrons. The van der Waals surface area contributed by atoms with Gasteiger partial charge < -0.3 is 5.11 Å². The average molecular weight is 573 g/mol. The number of hydrogen-bond donors (Lipinski definition) is 1. The summed E-state index contributed by atoms with van der Waals surface area (Å²) in [6.07, 6.45) is -10.3. The van der Waals surface area contributed by atoms with E-state index in [-0.39, 0.29) is 48.3 Å². The van der Waals surface area contributed by atoms with Gasteiger partial charge >= 0.3 is 12.4 Å². The zero-order valence-corrected chi connectivity index (χ0v) is 21.0. The van der Waals surface area contributed by atoms with Crippen molar-refractivity contribution in [1.29, 1.82) is 0 Å². The van der Waals surface area contributed by atoms with Crippen LogP contribution in [-0.2, 0) is 28.6 Å². The third-order valence-electron chi connectivity index (χ3n) is 7.08. The molecule has 2 atom stereocenters. The molecule has 3 aliphatic heterocycles. The average Bonchev–Trinajstić information content (AvgIpc) is 2.75. The molecular weight excluding hydrogens is 548 g/mol. The van der Waals surface area contributed by atoms with Gasteiger partial charge in [0.2, 0.25) is 10.0 Å². The predicted octanol–water partition coefficient (Wildman–Crippen LogP) is 4.72. The summed E-state index contributed by atoms with van der Waals surface area (Å²) in [4.78, 5) is 1.96. The molecule has 2 aromatic rings. The summed E-state index contributed by atoms with van der Waals surface area (Å²) in [6, 6.07) is 3.09. The molecule has 1 N–H and O–H groups in total. The first kappa shape index (κ1) is 28.7. The lowest BCUT2D eigenvalue weighted by Gasteiger charge is -2.54. The summed E-state index contributed by atoms with van der Waals surface area (Å²) >= 11 is 0. The monoisotopic (exact) mass is 572 g/mol. The van der Waals surface area contributed by atoms with Crippen molar-refractivity contribution in [2.45, 2.75) is 56.3 Å². The second-order valence-electron chi connectivity index (χ2n) is 9.70. The summed E-state index contributed by atoms with van der Waals surface area (Å²) in [7, 11) is -3.34. The third kappa shape index (κ3) is 4.80. The maximum absolute atomic E-state index is 15.3. The van der Waals surface area contributed by atoms with Gasteiger partial charge in [-0.1, -0.05) is 25.1 Å². The normalized spacial score (nSPS) is 21.4. The summed E-state index contributed by atoms with van der Waals surface area (Å²) in [6.45, 7) is 2.76. The second kappa shape index (κ2) is 9.42. The molecule has 3 heterocycles. The van der Waals surface area contributed by atoms with Crippen LogP contribution in [0, 0.1) is 11.6 Å². The van der Waals surface area contributed by atoms with Crippen LogP contribution in [0.5, 0.6) is 0 Å². The van der Waals surface area contributed by atoms with Gasteiger partial charge in [0.05, 0.1) is 6.26 Å². The van der Waals surface area contributed by atoms with E-state index in [1.54, 1.807) is 13.0 Å². The number of aliphatic hydroxyl groups is 1. The smallest absolute Gasteiger partial charge is 0.369 e. The number of alkyl halides is 6. The number of fused-ring (bicyclic) bond motifs is 2. The molecule has 2 aromatic carbocycles. The van der Waals surface area contributed by atoms with E-state index < -0.39 is 50.7 Å². The number of aryl methyl sites for hydroxylation is 1. The van der Waals surface area contributed by atoms with E-state index in [0.29, 0.717) is 24.7 Å². The van der Waals surface area contributed by atoms with Crippen LogP contribution >= 0.6 is 0 Å². The molecule has 0 spiro atoms. The molecule has 0 saturated carbocycles. The Balaban J connectivity index is 1.63. The molecule has 2 unspecified atom stereocenters. The van der Waals surface area contributed by atoms with E-state index in [1.807, 2.05) is 4.90 Å². The maximum Gasteiger partial charge on any atom is 0.430 e. The van der Waals surface area contributed by atoms with Gasteiger partial charge in [-0.3, -0.25) is 4.90 Å². The highest BCUT2D eigenvalue weighted by Gasteiger charge is 2.71. The molecule has 3 fully saturated rings. The molecule has 0 amide bonds. The van der Waals surface area contributed by atoms with Gasteiger partial charge in [0.15, 0.2) is 0 Å². The topological polar surface area (TPSA) is 60.9 Å². The fourth-order valence-electron chi connectivity index (χ4n) is 5.42. The quantitative estimate of drug-likeness (QED) is 0.509. The van der Waals surface area contributed by atoms with Crippen LogP contribution in [0.4, 0.5) is 35.1 Å². The number of benzene rings is 2. The SMILES string of the molecule is CCc1cc(CN2CC3CC(C2)N3S(C)(=O)=O)cc(F)c1-c1ccc(C(O)(C(F)(F)F)C(F)(F)F)cc1F. The van der Waals surface area contributed by atoms with Gasteiger partial charge in [0.1, 0.15) is 11.6 Å². The molecule has 3 aliphatic rings. The molecule has 0 aliphatic carbocycles. The van der Waals surface area contributed by atoms with Gasteiger partial charge in [-0.25, -0.2) is 17.2 Å². The second-order valence-corrected chi connectivity index (χ2v) is 11.6. The summed E-state index contributed by atoms with van der Waals surface area (Å²) in [5, 5.41) is 9.54. The Labute approximate surface area is 213 Å². The van der Waals surface area contributed by atoms with Crippen molar-refractivity contribution in [3.8, 4) is 11.1 Å². The Bertz CT molecular complexity index is 1320. The number of halogens is 8. The Hall–Kier alpha value is -2.29. The van der Waals surface area contributed by atoms with Crippen LogP contribution in [-0.4, -0.2) is 66.5 Å². The van der Waals surface area contributed by atoms with E-state index in [9.17, 15) is 44.3 Å². The molecule has 5 nitrogen and oxygen atoms in total. The molecule has 2 bridgehead atoms. The van der Waals surface area contributed by atoms with Gasteiger partial charge in [0, 0.05) is 48.4 Å². The van der Waals surface area contributed by atoms with E-state index in [2.05, 4.69) is 0 Å². The van der Waals surface area contributed by atoms with Gasteiger partial charge in [0.25, 0.3) is 5.60 Å². The Morgan fingerprint density at radius 1 is 0.947 bits per heavy atom. The van der Waals surface area contributed by atoms with E-state index in [4.69, 9.17) is 0 Å². The third-order valence-corrected chi connectivity index (χ3v) is 8.44. The Morgan fingerprint density at radius 2 is 1.53 bits per heavy atom. The van der Waals surface area contributed by atoms with E-state index in [0.717, 1.165) is 18.7 Å². The van der Waals surface area contributed by atoms with Gasteiger partial charge in [-0.05, 0) is 36.1 Å². The lowest BCUT2D eigenvalue weighted by molar-refractivity contribution is -0.376. The minimum Gasteiger partial charge on any atom is -0.369 e. The number of piperidine rings is 1. The predicted molar refractivity (Wildman–Crippen MR) is 121 cm³/mol. The largest absolute Gasteiger partial charge is 0.430 e. The zero-order chi connectivity index (χ0) is 28.4. The molecule has 3 saturated heterocycles. The van der Waals surface area contributed by atoms with Crippen molar-refractivity contribution in [2.75, 3.05) is 19.3 Å². The highest BCUT2D eigenvalue weighted by molar-refractivity contribution is 7.88. The van der Waals surface area contributed by atoms with Crippen LogP contribution in [0.1, 0.15) is 30.0 Å². The molecule has 0 aromatic heterocycles. The van der Waals surface area contributed by atoms with Crippen LogP contribution in [0.15, 0.2) is 30.3 Å².